The van der Waals surface area contributed by atoms with Crippen LogP contribution in [0.5, 0.6) is 0 Å². The largest absolute Gasteiger partial charge is 0.389 e. The summed E-state index contributed by atoms with van der Waals surface area (Å²) in [4.78, 5) is 2.42. The zero-order chi connectivity index (χ0) is 14.9. The van der Waals surface area contributed by atoms with E-state index in [9.17, 15) is 5.11 Å². The number of ether oxygens (including phenoxy) is 1. The standard InChI is InChI=1S/C16H32N2O2/c1-14(2,3)17-10-16(6-5-9-20-13-16)12-18-8-7-15(4,19)11-18/h17,19H,5-13H2,1-4H3. The summed E-state index contributed by atoms with van der Waals surface area (Å²) in [5, 5.41) is 13.8. The number of nitrogens with zero attached hydrogens (tertiary/aromatic N) is 1. The van der Waals surface area contributed by atoms with Crippen LogP contribution in [0.1, 0.15) is 47.0 Å². The quantitative estimate of drug-likeness (QED) is 0.823. The summed E-state index contributed by atoms with van der Waals surface area (Å²) in [6, 6.07) is 0. The van der Waals surface area contributed by atoms with Gasteiger partial charge in [-0.3, -0.25) is 4.90 Å². The number of rotatable bonds is 4. The van der Waals surface area contributed by atoms with Crippen molar-refractivity contribution in [2.75, 3.05) is 39.4 Å². The van der Waals surface area contributed by atoms with Gasteiger partial charge in [-0.1, -0.05) is 0 Å². The Morgan fingerprint density at radius 3 is 2.55 bits per heavy atom. The topological polar surface area (TPSA) is 44.7 Å². The Morgan fingerprint density at radius 1 is 1.30 bits per heavy atom. The fraction of sp³-hybridized carbons (Fsp3) is 1.00. The molecular formula is C16H32N2O2. The molecule has 0 bridgehead atoms. The molecule has 2 fully saturated rings. The van der Waals surface area contributed by atoms with Gasteiger partial charge in [0.2, 0.25) is 0 Å². The lowest BCUT2D eigenvalue weighted by molar-refractivity contribution is -0.0296. The second-order valence-electron chi connectivity index (χ2n) is 8.22. The van der Waals surface area contributed by atoms with Crippen molar-refractivity contribution in [3.05, 3.63) is 0 Å². The summed E-state index contributed by atoms with van der Waals surface area (Å²) < 4.78 is 5.78. The molecule has 0 spiro atoms. The van der Waals surface area contributed by atoms with Crippen molar-refractivity contribution in [1.82, 2.24) is 10.2 Å². The van der Waals surface area contributed by atoms with Gasteiger partial charge in [-0.25, -0.2) is 0 Å². The number of hydrogen-bond donors (Lipinski definition) is 2. The lowest BCUT2D eigenvalue weighted by atomic mass is 9.81. The van der Waals surface area contributed by atoms with Gasteiger partial charge in [0.25, 0.3) is 0 Å². The first-order chi connectivity index (χ1) is 9.20. The molecule has 118 valence electrons. The highest BCUT2D eigenvalue weighted by Crippen LogP contribution is 2.32. The Hall–Kier alpha value is -0.160. The maximum atomic E-state index is 10.1. The van der Waals surface area contributed by atoms with E-state index in [1.807, 2.05) is 6.92 Å². The molecule has 2 aliphatic rings. The first-order valence-corrected chi connectivity index (χ1v) is 7.97. The average molecular weight is 284 g/mol. The predicted molar refractivity (Wildman–Crippen MR) is 81.9 cm³/mol. The molecular weight excluding hydrogens is 252 g/mol. The van der Waals surface area contributed by atoms with Crippen LogP contribution in [-0.2, 0) is 4.74 Å². The molecule has 0 aromatic heterocycles. The zero-order valence-electron chi connectivity index (χ0n) is 13.7. The number of β-amino-alcohol motifs (C(OH)–C–C–N with tert-alkyl or cyclic N) is 1. The molecule has 2 heterocycles. The summed E-state index contributed by atoms with van der Waals surface area (Å²) in [7, 11) is 0. The third-order valence-corrected chi connectivity index (χ3v) is 4.49. The van der Waals surface area contributed by atoms with E-state index in [0.29, 0.717) is 0 Å². The van der Waals surface area contributed by atoms with Crippen LogP contribution in [0.25, 0.3) is 0 Å². The Labute approximate surface area is 123 Å². The summed E-state index contributed by atoms with van der Waals surface area (Å²) in [6.07, 6.45) is 3.25. The van der Waals surface area contributed by atoms with Gasteiger partial charge < -0.3 is 15.2 Å². The summed E-state index contributed by atoms with van der Waals surface area (Å²) in [5.41, 5.74) is -0.166. The lowest BCUT2D eigenvalue weighted by Crippen LogP contribution is -2.52. The van der Waals surface area contributed by atoms with Gasteiger partial charge in [-0.15, -0.1) is 0 Å². The fourth-order valence-electron chi connectivity index (χ4n) is 3.33. The molecule has 4 nitrogen and oxygen atoms in total. The Balaban J connectivity index is 1.96. The summed E-state index contributed by atoms with van der Waals surface area (Å²) >= 11 is 0. The Kier molecular flexibility index (Phi) is 4.80. The van der Waals surface area contributed by atoms with Gasteiger partial charge in [0.15, 0.2) is 0 Å². The molecule has 0 saturated carbocycles. The molecule has 2 atom stereocenters. The van der Waals surface area contributed by atoms with Crippen LogP contribution in [0.15, 0.2) is 0 Å². The molecule has 2 N–H and O–H groups in total. The normalized spacial score (nSPS) is 36.5. The van der Waals surface area contributed by atoms with Crippen LogP contribution in [0.4, 0.5) is 0 Å². The van der Waals surface area contributed by atoms with E-state index in [1.165, 1.54) is 6.42 Å². The van der Waals surface area contributed by atoms with E-state index in [2.05, 4.69) is 31.0 Å². The van der Waals surface area contributed by atoms with E-state index in [1.54, 1.807) is 0 Å². The zero-order valence-corrected chi connectivity index (χ0v) is 13.7. The SMILES string of the molecule is CC1(O)CCN(CC2(CNC(C)(C)C)CCCOC2)C1. The number of likely N-dealkylation sites (tertiary alicyclic amines) is 1. The van der Waals surface area contributed by atoms with Crippen LogP contribution in [0, 0.1) is 5.41 Å². The first kappa shape index (κ1) is 16.2. The molecule has 2 saturated heterocycles. The van der Waals surface area contributed by atoms with Gasteiger partial charge in [0.1, 0.15) is 0 Å². The summed E-state index contributed by atoms with van der Waals surface area (Å²) in [6.45, 7) is 14.2. The van der Waals surface area contributed by atoms with Crippen LogP contribution in [0.3, 0.4) is 0 Å². The van der Waals surface area contributed by atoms with Crippen LogP contribution in [-0.4, -0.2) is 60.5 Å². The van der Waals surface area contributed by atoms with E-state index in [-0.39, 0.29) is 11.0 Å². The highest BCUT2D eigenvalue weighted by molar-refractivity contribution is 4.94. The molecule has 0 radical (unpaired) electrons. The van der Waals surface area contributed by atoms with Crippen LogP contribution < -0.4 is 5.32 Å². The molecule has 0 amide bonds. The number of hydrogen-bond acceptors (Lipinski definition) is 4. The predicted octanol–water partition coefficient (Wildman–Crippen LogP) is 1.63. The van der Waals surface area contributed by atoms with E-state index < -0.39 is 5.60 Å². The van der Waals surface area contributed by atoms with Crippen LogP contribution >= 0.6 is 0 Å². The second kappa shape index (κ2) is 5.91. The van der Waals surface area contributed by atoms with Gasteiger partial charge in [-0.05, 0) is 47.0 Å². The minimum atomic E-state index is -0.506. The fourth-order valence-corrected chi connectivity index (χ4v) is 3.33. The lowest BCUT2D eigenvalue weighted by Gasteiger charge is -2.42. The van der Waals surface area contributed by atoms with Crippen molar-refractivity contribution in [2.45, 2.75) is 58.1 Å². The molecule has 0 aliphatic carbocycles. The first-order valence-electron chi connectivity index (χ1n) is 7.97. The molecule has 2 unspecified atom stereocenters. The number of nitrogens with one attached hydrogen (secondary N) is 1. The Morgan fingerprint density at radius 2 is 2.05 bits per heavy atom. The van der Waals surface area contributed by atoms with Crippen molar-refractivity contribution in [3.8, 4) is 0 Å². The molecule has 0 aromatic rings. The average Bonchev–Trinajstić information content (AvgIpc) is 2.67. The molecule has 2 aliphatic heterocycles. The van der Waals surface area contributed by atoms with Crippen molar-refractivity contribution in [2.24, 2.45) is 5.41 Å². The van der Waals surface area contributed by atoms with E-state index in [0.717, 1.165) is 52.2 Å². The van der Waals surface area contributed by atoms with Gasteiger partial charge >= 0.3 is 0 Å². The smallest absolute Gasteiger partial charge is 0.0758 e. The van der Waals surface area contributed by atoms with Crippen molar-refractivity contribution in [1.29, 1.82) is 0 Å². The molecule has 4 heteroatoms. The van der Waals surface area contributed by atoms with Crippen molar-refractivity contribution < 1.29 is 9.84 Å². The maximum Gasteiger partial charge on any atom is 0.0758 e. The molecule has 0 aromatic carbocycles. The van der Waals surface area contributed by atoms with Gasteiger partial charge in [-0.2, -0.15) is 0 Å². The van der Waals surface area contributed by atoms with E-state index >= 15 is 0 Å². The van der Waals surface area contributed by atoms with Crippen LogP contribution in [0.2, 0.25) is 0 Å². The third-order valence-electron chi connectivity index (χ3n) is 4.49. The van der Waals surface area contributed by atoms with Gasteiger partial charge in [0.05, 0.1) is 12.2 Å². The number of aliphatic hydroxyl groups is 1. The van der Waals surface area contributed by atoms with Crippen molar-refractivity contribution >= 4 is 0 Å². The minimum absolute atomic E-state index is 0.140. The molecule has 20 heavy (non-hydrogen) atoms. The summed E-state index contributed by atoms with van der Waals surface area (Å²) in [5.74, 6) is 0. The van der Waals surface area contributed by atoms with E-state index in [4.69, 9.17) is 4.74 Å². The van der Waals surface area contributed by atoms with Gasteiger partial charge in [0, 0.05) is 43.7 Å². The Bertz CT molecular complexity index is 317. The molecule has 2 rings (SSSR count). The van der Waals surface area contributed by atoms with Crippen molar-refractivity contribution in [3.63, 3.8) is 0 Å². The highest BCUT2D eigenvalue weighted by atomic mass is 16.5. The highest BCUT2D eigenvalue weighted by Gasteiger charge is 2.39. The monoisotopic (exact) mass is 284 g/mol. The second-order valence-corrected chi connectivity index (χ2v) is 8.22. The minimum Gasteiger partial charge on any atom is -0.389 e. The third kappa shape index (κ3) is 4.69. The maximum absolute atomic E-state index is 10.1.